The number of nitriles is 1. The number of aromatic nitrogens is 1. The number of sulfonamides is 1. The van der Waals surface area contributed by atoms with Gasteiger partial charge < -0.3 is 9.64 Å². The van der Waals surface area contributed by atoms with Crippen LogP contribution in [-0.2, 0) is 21.4 Å². The van der Waals surface area contributed by atoms with E-state index in [0.29, 0.717) is 41.8 Å². The van der Waals surface area contributed by atoms with Crippen LogP contribution in [0, 0.1) is 18.3 Å². The van der Waals surface area contributed by atoms with Gasteiger partial charge in [0.1, 0.15) is 5.69 Å². The Balaban J connectivity index is 1.75. The maximum Gasteiger partial charge on any atom is 0.284 e. The van der Waals surface area contributed by atoms with Crippen LogP contribution in [-0.4, -0.2) is 38.7 Å². The molecule has 0 aliphatic rings. The molecule has 172 valence electrons. The van der Waals surface area contributed by atoms with Crippen molar-refractivity contribution in [3.63, 3.8) is 0 Å². The third-order valence-electron chi connectivity index (χ3n) is 4.60. The number of nitrogens with zero attached hydrogens (tertiary/aromatic N) is 3. The Morgan fingerprint density at radius 2 is 1.88 bits per heavy atom. The van der Waals surface area contributed by atoms with Crippen LogP contribution in [0.15, 0.2) is 54.6 Å². The minimum atomic E-state index is -3.70. The van der Waals surface area contributed by atoms with E-state index in [4.69, 9.17) is 10.00 Å². The van der Waals surface area contributed by atoms with Crippen molar-refractivity contribution < 1.29 is 17.9 Å². The van der Waals surface area contributed by atoms with Crippen LogP contribution in [0.4, 0.5) is 10.8 Å². The summed E-state index contributed by atoms with van der Waals surface area (Å²) in [7, 11) is -3.70. The molecule has 1 amide bonds. The molecule has 0 aliphatic carbocycles. The Labute approximate surface area is 197 Å². The van der Waals surface area contributed by atoms with Gasteiger partial charge in [-0.25, -0.2) is 18.1 Å². The monoisotopic (exact) mass is 484 g/mol. The van der Waals surface area contributed by atoms with E-state index in [2.05, 4.69) is 11.1 Å². The molecule has 0 atom stereocenters. The number of hydrogen-bond donors (Lipinski definition) is 1. The minimum absolute atomic E-state index is 0.0689. The third-order valence-corrected chi connectivity index (χ3v) is 6.15. The number of nitrogens with one attached hydrogen (secondary N) is 1. The van der Waals surface area contributed by atoms with Crippen LogP contribution in [0.1, 0.15) is 32.9 Å². The van der Waals surface area contributed by atoms with Crippen LogP contribution < -0.4 is 9.62 Å². The number of rotatable bonds is 10. The normalized spacial score (nSPS) is 11.1. The fraction of sp³-hybridized carbons (Fsp3) is 0.261. The summed E-state index contributed by atoms with van der Waals surface area (Å²) in [5, 5.41) is 9.64. The number of amides is 1. The summed E-state index contributed by atoms with van der Waals surface area (Å²) in [4.78, 5) is 19.3. The molecule has 0 unspecified atom stereocenters. The first-order valence-electron chi connectivity index (χ1n) is 10.2. The van der Waals surface area contributed by atoms with Gasteiger partial charge in [0.05, 0.1) is 24.5 Å². The zero-order valence-corrected chi connectivity index (χ0v) is 19.9. The predicted molar refractivity (Wildman–Crippen MR) is 128 cm³/mol. The smallest absolute Gasteiger partial charge is 0.284 e. The molecule has 0 bridgehead atoms. The van der Waals surface area contributed by atoms with Crippen molar-refractivity contribution in [2.24, 2.45) is 0 Å². The average molecular weight is 485 g/mol. The highest BCUT2D eigenvalue weighted by Crippen LogP contribution is 2.32. The van der Waals surface area contributed by atoms with Crippen molar-refractivity contribution in [1.82, 2.24) is 9.71 Å². The maximum atomic E-state index is 12.4. The summed E-state index contributed by atoms with van der Waals surface area (Å²) in [6.45, 7) is 3.32. The van der Waals surface area contributed by atoms with E-state index >= 15 is 0 Å². The molecule has 0 aliphatic heterocycles. The molecule has 8 nitrogen and oxygen atoms in total. The van der Waals surface area contributed by atoms with Gasteiger partial charge in [-0.15, -0.1) is 11.3 Å². The van der Waals surface area contributed by atoms with E-state index in [1.165, 1.54) is 11.3 Å². The van der Waals surface area contributed by atoms with Crippen LogP contribution in [0.2, 0.25) is 0 Å². The third kappa shape index (κ3) is 7.12. The van der Waals surface area contributed by atoms with Crippen molar-refractivity contribution in [3.8, 4) is 6.07 Å². The van der Waals surface area contributed by atoms with Gasteiger partial charge in [0.2, 0.25) is 10.0 Å². The second-order valence-corrected chi connectivity index (χ2v) is 10.2. The molecule has 0 radical (unpaired) electrons. The molecule has 0 spiro atoms. The second-order valence-electron chi connectivity index (χ2n) is 7.31. The van der Waals surface area contributed by atoms with Gasteiger partial charge >= 0.3 is 0 Å². The molecule has 2 aromatic carbocycles. The van der Waals surface area contributed by atoms with E-state index < -0.39 is 15.9 Å². The molecule has 3 rings (SSSR count). The van der Waals surface area contributed by atoms with Crippen molar-refractivity contribution >= 4 is 38.1 Å². The van der Waals surface area contributed by atoms with Gasteiger partial charge in [0.15, 0.2) is 5.13 Å². The SMILES string of the molecule is Cc1sc(N(CCCOCc2ccccc2)c2ccc(C#N)cc2)nc1C(=O)NS(C)(=O)=O. The zero-order valence-electron chi connectivity index (χ0n) is 18.3. The Morgan fingerprint density at radius 3 is 2.52 bits per heavy atom. The molecule has 1 heterocycles. The lowest BCUT2D eigenvalue weighted by atomic mass is 10.2. The fourth-order valence-electron chi connectivity index (χ4n) is 3.07. The number of thiazole rings is 1. The van der Waals surface area contributed by atoms with Gasteiger partial charge in [0, 0.05) is 23.7 Å². The lowest BCUT2D eigenvalue weighted by Crippen LogP contribution is -2.30. The molecule has 0 fully saturated rings. The molecule has 1 N–H and O–H groups in total. The molecule has 3 aromatic rings. The summed E-state index contributed by atoms with van der Waals surface area (Å²) in [5.74, 6) is -0.761. The summed E-state index contributed by atoms with van der Waals surface area (Å²) in [6.07, 6.45) is 1.61. The molecular formula is C23H24N4O4S2. The first-order chi connectivity index (χ1) is 15.8. The lowest BCUT2D eigenvalue weighted by Gasteiger charge is -2.22. The lowest BCUT2D eigenvalue weighted by molar-refractivity contribution is 0.0977. The molecular weight excluding hydrogens is 460 g/mol. The number of ether oxygens (including phenoxy) is 1. The second kappa shape index (κ2) is 11.0. The number of anilines is 2. The maximum absolute atomic E-state index is 12.4. The van der Waals surface area contributed by atoms with Crippen molar-refractivity contribution in [2.45, 2.75) is 20.0 Å². The van der Waals surface area contributed by atoms with Gasteiger partial charge in [-0.05, 0) is 43.2 Å². The van der Waals surface area contributed by atoms with Gasteiger partial charge in [-0.1, -0.05) is 30.3 Å². The predicted octanol–water partition coefficient (Wildman–Crippen LogP) is 3.76. The van der Waals surface area contributed by atoms with Crippen molar-refractivity contribution in [1.29, 1.82) is 5.26 Å². The zero-order chi connectivity index (χ0) is 23.8. The highest BCUT2D eigenvalue weighted by atomic mass is 32.2. The molecule has 0 saturated heterocycles. The van der Waals surface area contributed by atoms with E-state index in [1.54, 1.807) is 19.1 Å². The molecule has 1 aromatic heterocycles. The molecule has 0 saturated carbocycles. The fourth-order valence-corrected chi connectivity index (χ4v) is 4.45. The number of carbonyl (C=O) groups is 1. The number of benzene rings is 2. The quantitative estimate of drug-likeness (QED) is 0.436. The summed E-state index contributed by atoms with van der Waals surface area (Å²) in [6, 6.07) is 19.1. The van der Waals surface area contributed by atoms with E-state index in [0.717, 1.165) is 17.5 Å². The first kappa shape index (κ1) is 24.4. The summed E-state index contributed by atoms with van der Waals surface area (Å²) >= 11 is 1.30. The average Bonchev–Trinajstić information content (AvgIpc) is 3.17. The largest absolute Gasteiger partial charge is 0.377 e. The Bertz CT molecular complexity index is 1230. The van der Waals surface area contributed by atoms with Crippen LogP contribution in [0.5, 0.6) is 0 Å². The Morgan fingerprint density at radius 1 is 1.18 bits per heavy atom. The van der Waals surface area contributed by atoms with E-state index in [-0.39, 0.29) is 5.69 Å². The number of hydrogen-bond acceptors (Lipinski definition) is 8. The summed E-state index contributed by atoms with van der Waals surface area (Å²) in [5.41, 5.74) is 2.51. The van der Waals surface area contributed by atoms with Gasteiger partial charge in [-0.2, -0.15) is 5.26 Å². The van der Waals surface area contributed by atoms with E-state index in [9.17, 15) is 13.2 Å². The van der Waals surface area contributed by atoms with Crippen LogP contribution in [0.25, 0.3) is 0 Å². The Hall–Kier alpha value is -3.26. The highest BCUT2D eigenvalue weighted by molar-refractivity contribution is 7.89. The molecule has 33 heavy (non-hydrogen) atoms. The summed E-state index contributed by atoms with van der Waals surface area (Å²) < 4.78 is 30.6. The Kier molecular flexibility index (Phi) is 8.16. The number of aryl methyl sites for hydroxylation is 1. The van der Waals surface area contributed by atoms with Gasteiger partial charge in [-0.3, -0.25) is 4.79 Å². The van der Waals surface area contributed by atoms with Crippen molar-refractivity contribution in [2.75, 3.05) is 24.3 Å². The first-order valence-corrected chi connectivity index (χ1v) is 12.9. The number of carbonyl (C=O) groups excluding carboxylic acids is 1. The standard InChI is InChI=1S/C23H24N4O4S2/c1-17-21(22(28)26-33(2,29)30)25-23(32-17)27(20-11-9-18(15-24)10-12-20)13-6-14-31-16-19-7-4-3-5-8-19/h3-5,7-12H,6,13-14,16H2,1-2H3,(H,26,28). The van der Waals surface area contributed by atoms with Crippen molar-refractivity contribution in [3.05, 3.63) is 76.3 Å². The van der Waals surface area contributed by atoms with Gasteiger partial charge in [0.25, 0.3) is 5.91 Å². The molecule has 10 heteroatoms. The highest BCUT2D eigenvalue weighted by Gasteiger charge is 2.22. The van der Waals surface area contributed by atoms with Crippen LogP contribution in [0.3, 0.4) is 0 Å². The van der Waals surface area contributed by atoms with Crippen LogP contribution >= 0.6 is 11.3 Å². The minimum Gasteiger partial charge on any atom is -0.377 e. The topological polar surface area (TPSA) is 112 Å². The van der Waals surface area contributed by atoms with E-state index in [1.807, 2.05) is 52.1 Å².